The lowest BCUT2D eigenvalue weighted by Crippen LogP contribution is -2.03. The molecule has 0 radical (unpaired) electrons. The van der Waals surface area contributed by atoms with Crippen molar-refractivity contribution in [3.8, 4) is 0 Å². The predicted octanol–water partition coefficient (Wildman–Crippen LogP) is 2.51. The van der Waals surface area contributed by atoms with Gasteiger partial charge in [-0.25, -0.2) is 0 Å². The first kappa shape index (κ1) is 14.0. The Labute approximate surface area is 115 Å². The number of nitrogens with two attached hydrogens (primary N) is 2. The number of para-hydroxylation sites is 1. The minimum absolute atomic E-state index is 0.0595. The highest BCUT2D eigenvalue weighted by atomic mass is 32.2. The molecule has 0 saturated carbocycles. The van der Waals surface area contributed by atoms with E-state index < -0.39 is 15.0 Å². The van der Waals surface area contributed by atoms with E-state index >= 15 is 0 Å². The van der Waals surface area contributed by atoms with Crippen LogP contribution in [0.5, 0.6) is 0 Å². The molecule has 0 bridgehead atoms. The number of hydrogen-bond acceptors (Lipinski definition) is 6. The Morgan fingerprint density at radius 3 is 2.05 bits per heavy atom. The number of nitrogen functional groups attached to an aromatic ring is 2. The number of rotatable bonds is 3. The summed E-state index contributed by atoms with van der Waals surface area (Å²) in [7, 11) is -4.49. The van der Waals surface area contributed by atoms with Crippen molar-refractivity contribution in [3.63, 3.8) is 0 Å². The second-order valence-electron chi connectivity index (χ2n) is 3.93. The van der Waals surface area contributed by atoms with Gasteiger partial charge < -0.3 is 11.5 Å². The van der Waals surface area contributed by atoms with E-state index in [9.17, 15) is 8.42 Å². The van der Waals surface area contributed by atoms with Gasteiger partial charge >= 0.3 is 0 Å². The quantitative estimate of drug-likeness (QED) is 0.454. The van der Waals surface area contributed by atoms with E-state index in [1.807, 2.05) is 0 Å². The summed E-state index contributed by atoms with van der Waals surface area (Å²) in [5.74, 6) is 0. The Hall–Kier alpha value is -2.45. The van der Waals surface area contributed by atoms with Gasteiger partial charge in [0.2, 0.25) is 0 Å². The number of hydrogen-bond donors (Lipinski definition) is 3. The molecule has 0 fully saturated rings. The minimum Gasteiger partial charge on any atom is -0.398 e. The summed E-state index contributed by atoms with van der Waals surface area (Å²) >= 11 is 0. The van der Waals surface area contributed by atoms with Gasteiger partial charge in [0.25, 0.3) is 10.1 Å². The van der Waals surface area contributed by atoms with E-state index in [0.717, 1.165) is 0 Å². The molecule has 0 spiro atoms. The molecule has 0 unspecified atom stereocenters. The molecule has 7 nitrogen and oxygen atoms in total. The van der Waals surface area contributed by atoms with Crippen LogP contribution in [0.1, 0.15) is 0 Å². The van der Waals surface area contributed by atoms with Crippen LogP contribution < -0.4 is 11.5 Å². The topological polar surface area (TPSA) is 131 Å². The Kier molecular flexibility index (Phi) is 3.68. The monoisotopic (exact) mass is 292 g/mol. The first-order valence-corrected chi connectivity index (χ1v) is 6.96. The molecular weight excluding hydrogens is 280 g/mol. The Morgan fingerprint density at radius 1 is 0.850 bits per heavy atom. The Morgan fingerprint density at radius 2 is 1.40 bits per heavy atom. The van der Waals surface area contributed by atoms with Crippen LogP contribution in [0, 0.1) is 0 Å². The number of anilines is 2. The molecule has 0 aliphatic rings. The summed E-state index contributed by atoms with van der Waals surface area (Å²) in [6, 6.07) is 10.9. The number of nitrogens with zero attached hydrogens (tertiary/aromatic N) is 2. The first-order chi connectivity index (χ1) is 9.39. The number of benzene rings is 2. The van der Waals surface area contributed by atoms with Gasteiger partial charge in [-0.2, -0.15) is 8.42 Å². The van der Waals surface area contributed by atoms with Gasteiger partial charge in [0, 0.05) is 0 Å². The molecule has 5 N–H and O–H groups in total. The third-order valence-electron chi connectivity index (χ3n) is 2.48. The van der Waals surface area contributed by atoms with Crippen molar-refractivity contribution in [2.45, 2.75) is 4.90 Å². The highest BCUT2D eigenvalue weighted by Crippen LogP contribution is 2.31. The molecule has 0 aromatic heterocycles. The third-order valence-corrected chi connectivity index (χ3v) is 3.45. The van der Waals surface area contributed by atoms with Crippen LogP contribution in [0.15, 0.2) is 57.6 Å². The molecular formula is C12H12N4O3S. The van der Waals surface area contributed by atoms with Crippen molar-refractivity contribution >= 4 is 32.9 Å². The van der Waals surface area contributed by atoms with E-state index in [0.29, 0.717) is 11.4 Å². The molecule has 0 heterocycles. The predicted molar refractivity (Wildman–Crippen MR) is 75.7 cm³/mol. The Balaban J connectivity index is 2.51. The molecule has 104 valence electrons. The van der Waals surface area contributed by atoms with Gasteiger partial charge in [0.15, 0.2) is 0 Å². The van der Waals surface area contributed by atoms with Crippen molar-refractivity contribution in [2.75, 3.05) is 11.5 Å². The summed E-state index contributed by atoms with van der Waals surface area (Å²) in [4.78, 5) is -0.474. The maximum Gasteiger partial charge on any atom is 0.298 e. The van der Waals surface area contributed by atoms with E-state index in [2.05, 4.69) is 10.2 Å². The zero-order valence-electron chi connectivity index (χ0n) is 10.3. The molecule has 8 heteroatoms. The van der Waals surface area contributed by atoms with Crippen LogP contribution >= 0.6 is 0 Å². The van der Waals surface area contributed by atoms with E-state index in [1.54, 1.807) is 24.3 Å². The molecule has 2 aromatic carbocycles. The van der Waals surface area contributed by atoms with Gasteiger partial charge in [-0.15, -0.1) is 10.2 Å². The van der Waals surface area contributed by atoms with Crippen LogP contribution in [-0.2, 0) is 10.1 Å². The average molecular weight is 292 g/mol. The molecule has 2 rings (SSSR count). The second-order valence-corrected chi connectivity index (χ2v) is 5.29. The zero-order chi connectivity index (χ0) is 14.8. The molecule has 20 heavy (non-hydrogen) atoms. The lowest BCUT2D eigenvalue weighted by atomic mass is 10.3. The van der Waals surface area contributed by atoms with Crippen molar-refractivity contribution < 1.29 is 13.0 Å². The SMILES string of the molecule is Nc1ccccc1N=Nc1cccc(N)c1S(=O)(=O)O. The van der Waals surface area contributed by atoms with Gasteiger partial charge in [-0.05, 0) is 24.3 Å². The van der Waals surface area contributed by atoms with Crippen molar-refractivity contribution in [1.29, 1.82) is 0 Å². The molecule has 0 aliphatic carbocycles. The summed E-state index contributed by atoms with van der Waals surface area (Å²) in [6.07, 6.45) is 0. The van der Waals surface area contributed by atoms with E-state index in [4.69, 9.17) is 16.0 Å². The molecule has 0 saturated heterocycles. The van der Waals surface area contributed by atoms with Crippen LogP contribution in [0.25, 0.3) is 0 Å². The fraction of sp³-hybridized carbons (Fsp3) is 0. The first-order valence-electron chi connectivity index (χ1n) is 5.52. The van der Waals surface area contributed by atoms with E-state index in [1.165, 1.54) is 18.2 Å². The summed E-state index contributed by atoms with van der Waals surface area (Å²) in [6.45, 7) is 0. The van der Waals surface area contributed by atoms with Crippen LogP contribution in [0.4, 0.5) is 22.7 Å². The summed E-state index contributed by atoms with van der Waals surface area (Å²) in [5, 5.41) is 7.65. The average Bonchev–Trinajstić information content (AvgIpc) is 2.36. The standard InChI is InChI=1S/C12H12N4O3S/c13-8-4-1-2-6-10(8)15-16-11-7-3-5-9(14)12(11)20(17,18)19/h1-7H,13-14H2,(H,17,18,19). The highest BCUT2D eigenvalue weighted by molar-refractivity contribution is 7.86. The van der Waals surface area contributed by atoms with Crippen molar-refractivity contribution in [3.05, 3.63) is 42.5 Å². The maximum absolute atomic E-state index is 11.3. The summed E-state index contributed by atoms with van der Waals surface area (Å²) in [5.41, 5.74) is 11.8. The van der Waals surface area contributed by atoms with E-state index in [-0.39, 0.29) is 11.4 Å². The van der Waals surface area contributed by atoms with Crippen molar-refractivity contribution in [2.24, 2.45) is 10.2 Å². The van der Waals surface area contributed by atoms with Crippen LogP contribution in [0.3, 0.4) is 0 Å². The fourth-order valence-corrected chi connectivity index (χ4v) is 2.33. The van der Waals surface area contributed by atoms with Crippen LogP contribution in [0.2, 0.25) is 0 Å². The van der Waals surface area contributed by atoms with Gasteiger partial charge in [-0.1, -0.05) is 18.2 Å². The number of azo groups is 1. The van der Waals surface area contributed by atoms with Gasteiger partial charge in [0.05, 0.1) is 11.4 Å². The van der Waals surface area contributed by atoms with Gasteiger partial charge in [-0.3, -0.25) is 4.55 Å². The molecule has 0 amide bonds. The lowest BCUT2D eigenvalue weighted by Gasteiger charge is -2.05. The molecule has 2 aromatic rings. The lowest BCUT2D eigenvalue weighted by molar-refractivity contribution is 0.484. The maximum atomic E-state index is 11.3. The minimum atomic E-state index is -4.49. The normalized spacial score (nSPS) is 11.8. The Bertz CT molecular complexity index is 772. The largest absolute Gasteiger partial charge is 0.398 e. The second kappa shape index (κ2) is 5.27. The fourth-order valence-electron chi connectivity index (χ4n) is 1.59. The molecule has 0 atom stereocenters. The third kappa shape index (κ3) is 2.92. The smallest absolute Gasteiger partial charge is 0.298 e. The molecule has 0 aliphatic heterocycles. The van der Waals surface area contributed by atoms with Crippen molar-refractivity contribution in [1.82, 2.24) is 0 Å². The van der Waals surface area contributed by atoms with Crippen LogP contribution in [-0.4, -0.2) is 13.0 Å². The highest BCUT2D eigenvalue weighted by Gasteiger charge is 2.19. The summed E-state index contributed by atoms with van der Waals surface area (Å²) < 4.78 is 31.8. The van der Waals surface area contributed by atoms with Gasteiger partial charge in [0.1, 0.15) is 16.3 Å². The zero-order valence-corrected chi connectivity index (χ0v) is 11.1.